The fourth-order valence-corrected chi connectivity index (χ4v) is 9.47. The van der Waals surface area contributed by atoms with Crippen LogP contribution in [0, 0.1) is 11.8 Å². The van der Waals surface area contributed by atoms with E-state index < -0.39 is 5.60 Å². The predicted octanol–water partition coefficient (Wildman–Crippen LogP) is 8.94. The molecule has 4 aromatic carbocycles. The fraction of sp³-hybridized carbons (Fsp3) is 0.500. The van der Waals surface area contributed by atoms with Crippen molar-refractivity contribution in [1.29, 1.82) is 0 Å². The van der Waals surface area contributed by atoms with Gasteiger partial charge in [-0.2, -0.15) is 0 Å². The topological polar surface area (TPSA) is 155 Å². The lowest BCUT2D eigenvalue weighted by Gasteiger charge is -2.44. The van der Waals surface area contributed by atoms with Crippen molar-refractivity contribution in [2.45, 2.75) is 97.5 Å². The minimum absolute atomic E-state index is 0. The molecule has 4 aliphatic rings. The average Bonchev–Trinajstić information content (AvgIpc) is 3.88. The summed E-state index contributed by atoms with van der Waals surface area (Å²) in [4.78, 5) is 38.9. The Morgan fingerprint density at radius 1 is 0.652 bits per heavy atom. The van der Waals surface area contributed by atoms with Crippen LogP contribution in [0.25, 0.3) is 0 Å². The molecule has 0 bridgehead atoms. The monoisotopic (exact) mass is 973 g/mol. The molecule has 69 heavy (non-hydrogen) atoms. The summed E-state index contributed by atoms with van der Waals surface area (Å²) in [5.41, 5.74) is 5.24. The maximum absolute atomic E-state index is 13.0. The van der Waals surface area contributed by atoms with Crippen LogP contribution >= 0.6 is 12.4 Å². The van der Waals surface area contributed by atoms with Gasteiger partial charge in [-0.1, -0.05) is 43.8 Å². The van der Waals surface area contributed by atoms with Crippen molar-refractivity contribution >= 4 is 30.3 Å². The van der Waals surface area contributed by atoms with E-state index in [9.17, 15) is 14.4 Å². The summed E-state index contributed by atoms with van der Waals surface area (Å²) >= 11 is 0. The van der Waals surface area contributed by atoms with E-state index in [4.69, 9.17) is 33.2 Å². The van der Waals surface area contributed by atoms with Gasteiger partial charge in [0, 0.05) is 68.9 Å². The van der Waals surface area contributed by atoms with Gasteiger partial charge in [-0.05, 0) is 137 Å². The van der Waals surface area contributed by atoms with Crippen LogP contribution in [-0.4, -0.2) is 107 Å². The van der Waals surface area contributed by atoms with Crippen molar-refractivity contribution in [3.63, 3.8) is 0 Å². The van der Waals surface area contributed by atoms with Gasteiger partial charge in [0.15, 0.2) is 0 Å². The molecule has 15 heteroatoms. The highest BCUT2D eigenvalue weighted by atomic mass is 35.5. The lowest BCUT2D eigenvalue weighted by Crippen LogP contribution is -2.52. The number of nitrogens with zero attached hydrogens (tertiary/aromatic N) is 1. The van der Waals surface area contributed by atoms with Crippen LogP contribution < -0.4 is 34.9 Å². The molecule has 0 saturated carbocycles. The van der Waals surface area contributed by atoms with E-state index >= 15 is 0 Å². The largest absolute Gasteiger partial charge is 0.493 e. The Kier molecular flexibility index (Phi) is 20.0. The van der Waals surface area contributed by atoms with E-state index in [-0.39, 0.29) is 55.6 Å². The maximum atomic E-state index is 13.0. The van der Waals surface area contributed by atoms with E-state index in [0.717, 1.165) is 58.9 Å². The van der Waals surface area contributed by atoms with Crippen LogP contribution in [0.2, 0.25) is 0 Å². The highest BCUT2D eigenvalue weighted by Gasteiger charge is 2.41. The summed E-state index contributed by atoms with van der Waals surface area (Å²) in [5, 5.41) is 9.28. The van der Waals surface area contributed by atoms with Crippen LogP contribution in [0.5, 0.6) is 23.0 Å². The molecule has 0 aromatic heterocycles. The number of piperidine rings is 2. The zero-order valence-corrected chi connectivity index (χ0v) is 41.3. The second-order valence-corrected chi connectivity index (χ2v) is 18.7. The number of methoxy groups -OCH3 is 2. The second-order valence-electron chi connectivity index (χ2n) is 18.7. The summed E-state index contributed by atoms with van der Waals surface area (Å²) in [7, 11) is 3.33. The number of hydrogen-bond donors (Lipinski definition) is 3. The molecule has 2 fully saturated rings. The molecule has 4 aliphatic heterocycles. The number of ether oxygens (including phenoxy) is 7. The van der Waals surface area contributed by atoms with Gasteiger partial charge < -0.3 is 54.0 Å². The Bertz CT molecular complexity index is 2320. The third-order valence-electron chi connectivity index (χ3n) is 13.1. The Balaban J connectivity index is 0.000000255. The number of carbonyl (C=O) groups is 3. The number of benzene rings is 4. The Morgan fingerprint density at radius 3 is 1.65 bits per heavy atom. The van der Waals surface area contributed by atoms with Gasteiger partial charge in [-0.25, -0.2) is 4.79 Å². The molecular weight excluding hydrogens is 900 g/mol. The molecule has 8 rings (SSSR count). The molecule has 0 unspecified atom stereocenters. The molecular formula is C54H73ClN4O10. The molecule has 2 saturated heterocycles. The number of nitrogens with one attached hydrogen (secondary N) is 3. The van der Waals surface area contributed by atoms with E-state index in [1.807, 2.05) is 74.2 Å². The first-order valence-corrected chi connectivity index (χ1v) is 23.6. The standard InChI is InChI=1S/C29H38N2O6.C24H30N2O4.CH4.ClH/c1-19-26(18-36-23-10-9-21-17-30-27(32)25(21)16-23)24(11-12-31(19)28(33)37-29(2,3)4)20-7-6-8-22(15-20)35-14-13-34-5;1-16-23(15-30-20-7-6-18-14-26-24(27)22(18)13-20)21(8-9-25-16)17-4-3-5-19(12-17)29-11-10-28-2;;/h6-10,15-16,19,24,26H,11-14,17-18H2,1-5H3,(H,30,32);3-7,12-13,16,21,23,25H,8-11,14-15H2,1-2H3,(H,26,27);1H4;1H/t19-,24+,26-;16-,21+,23-;;/m11../s1. The lowest BCUT2D eigenvalue weighted by atomic mass is 9.76. The third-order valence-corrected chi connectivity index (χ3v) is 13.1. The van der Waals surface area contributed by atoms with E-state index in [2.05, 4.69) is 60.1 Å². The molecule has 4 heterocycles. The number of rotatable bonds is 16. The summed E-state index contributed by atoms with van der Waals surface area (Å²) < 4.78 is 40.0. The molecule has 14 nitrogen and oxygen atoms in total. The van der Waals surface area contributed by atoms with Crippen molar-refractivity contribution < 1.29 is 47.5 Å². The minimum atomic E-state index is -0.571. The van der Waals surface area contributed by atoms with Crippen molar-refractivity contribution in [3.8, 4) is 23.0 Å². The van der Waals surface area contributed by atoms with Crippen molar-refractivity contribution in [3.05, 3.63) is 118 Å². The summed E-state index contributed by atoms with van der Waals surface area (Å²) in [6.45, 7) is 15.7. The van der Waals surface area contributed by atoms with E-state index in [0.29, 0.717) is 88.5 Å². The highest BCUT2D eigenvalue weighted by Crippen LogP contribution is 2.40. The number of hydrogen-bond acceptors (Lipinski definition) is 11. The molecule has 376 valence electrons. The molecule has 0 spiro atoms. The third kappa shape index (κ3) is 14.3. The van der Waals surface area contributed by atoms with Gasteiger partial charge in [0.1, 0.15) is 41.8 Å². The Hall–Kier alpha value is -5.54. The zero-order chi connectivity index (χ0) is 47.5. The number of halogens is 1. The molecule has 4 aromatic rings. The first-order valence-electron chi connectivity index (χ1n) is 23.6. The predicted molar refractivity (Wildman–Crippen MR) is 269 cm³/mol. The first-order chi connectivity index (χ1) is 32.3. The van der Waals surface area contributed by atoms with Crippen LogP contribution in [0.1, 0.15) is 110 Å². The number of carbonyl (C=O) groups excluding carboxylic acids is 3. The van der Waals surface area contributed by atoms with Gasteiger partial charge in [-0.3, -0.25) is 9.59 Å². The smallest absolute Gasteiger partial charge is 0.410 e. The summed E-state index contributed by atoms with van der Waals surface area (Å²) in [6.07, 6.45) is 1.51. The van der Waals surface area contributed by atoms with Crippen LogP contribution in [-0.2, 0) is 27.3 Å². The normalized spacial score (nSPS) is 21.4. The lowest BCUT2D eigenvalue weighted by molar-refractivity contribution is -0.00609. The molecule has 0 radical (unpaired) electrons. The maximum Gasteiger partial charge on any atom is 0.410 e. The van der Waals surface area contributed by atoms with Gasteiger partial charge >= 0.3 is 6.09 Å². The van der Waals surface area contributed by atoms with Crippen LogP contribution in [0.3, 0.4) is 0 Å². The molecule has 0 aliphatic carbocycles. The van der Waals surface area contributed by atoms with Crippen molar-refractivity contribution in [2.75, 3.05) is 67.0 Å². The SMILES string of the molecule is C.COCCOc1cccc([C@@H]2CCN(C(=O)OC(C)(C)C)[C@H](C)[C@H]2COc2ccc3c(c2)C(=O)NC3)c1.COCCOc1cccc([C@@H]2CCN[C@H](C)[C@H]2COc2ccc3c(c2)C(=O)NC3)c1.Cl. The Morgan fingerprint density at radius 2 is 1.14 bits per heavy atom. The molecule has 3 amide bonds. The highest BCUT2D eigenvalue weighted by molar-refractivity contribution is 5.99. The number of likely N-dealkylation sites (tertiary alicyclic amines) is 1. The second kappa shape index (κ2) is 25.4. The minimum Gasteiger partial charge on any atom is -0.493 e. The van der Waals surface area contributed by atoms with Gasteiger partial charge in [0.25, 0.3) is 11.8 Å². The Labute approximate surface area is 414 Å². The van der Waals surface area contributed by atoms with Gasteiger partial charge in [0.05, 0.1) is 26.4 Å². The number of fused-ring (bicyclic) bond motifs is 2. The zero-order valence-electron chi connectivity index (χ0n) is 40.5. The van der Waals surface area contributed by atoms with Gasteiger partial charge in [0.2, 0.25) is 0 Å². The number of amides is 3. The summed E-state index contributed by atoms with van der Waals surface area (Å²) in [6, 6.07) is 28.1. The van der Waals surface area contributed by atoms with E-state index in [1.165, 1.54) is 5.56 Å². The molecule has 6 atom stereocenters. The van der Waals surface area contributed by atoms with Crippen LogP contribution in [0.15, 0.2) is 84.9 Å². The fourth-order valence-electron chi connectivity index (χ4n) is 9.47. The molecule has 3 N–H and O–H groups in total. The van der Waals surface area contributed by atoms with Crippen molar-refractivity contribution in [2.24, 2.45) is 11.8 Å². The van der Waals surface area contributed by atoms with E-state index in [1.54, 1.807) is 20.3 Å². The van der Waals surface area contributed by atoms with Gasteiger partial charge in [-0.15, -0.1) is 12.4 Å². The van der Waals surface area contributed by atoms with Crippen molar-refractivity contribution in [1.82, 2.24) is 20.9 Å². The quantitative estimate of drug-likeness (QED) is 0.0923. The van der Waals surface area contributed by atoms with Crippen LogP contribution in [0.4, 0.5) is 4.79 Å². The summed E-state index contributed by atoms with van der Waals surface area (Å²) in [5.74, 6) is 3.81. The first kappa shape index (κ1) is 54.4. The average molecular weight is 974 g/mol.